The van der Waals surface area contributed by atoms with Crippen LogP contribution in [0.5, 0.6) is 11.5 Å². The molecule has 0 saturated carbocycles. The Hall–Kier alpha value is -2.49. The summed E-state index contributed by atoms with van der Waals surface area (Å²) in [5.41, 5.74) is 3.61. The maximum absolute atomic E-state index is 12.4. The molecule has 0 fully saturated rings. The highest BCUT2D eigenvalue weighted by atomic mass is 16.5. The average Bonchev–Trinajstić information content (AvgIpc) is 2.64. The number of carbonyl (C=O) groups excluding carboxylic acids is 1. The van der Waals surface area contributed by atoms with Crippen LogP contribution in [0.3, 0.4) is 0 Å². The molecule has 0 aromatic heterocycles. The summed E-state index contributed by atoms with van der Waals surface area (Å²) < 4.78 is 11.7. The van der Waals surface area contributed by atoms with Crippen molar-refractivity contribution >= 4 is 5.91 Å². The standard InChI is InChI=1S/C25H35NO3/c1-17(2)22-13-8-18(3)16-23(22)29-19(4)24(27)26-14-15-28-21-11-9-20(10-12-21)25(5,6)7/h8-13,16-17,19H,14-15H2,1-7H3,(H,26,27)/t19-/m1/s1. The zero-order valence-corrected chi connectivity index (χ0v) is 18.8. The van der Waals surface area contributed by atoms with E-state index < -0.39 is 6.10 Å². The molecule has 2 rings (SSSR count). The number of aryl methyl sites for hydroxylation is 1. The van der Waals surface area contributed by atoms with Crippen molar-refractivity contribution in [3.05, 3.63) is 59.2 Å². The van der Waals surface area contributed by atoms with E-state index in [9.17, 15) is 4.79 Å². The quantitative estimate of drug-likeness (QED) is 0.609. The molecule has 0 saturated heterocycles. The highest BCUT2D eigenvalue weighted by molar-refractivity contribution is 5.80. The third-order valence-corrected chi connectivity index (χ3v) is 4.85. The lowest BCUT2D eigenvalue weighted by Crippen LogP contribution is -2.38. The van der Waals surface area contributed by atoms with Crippen LogP contribution in [0.25, 0.3) is 0 Å². The Kier molecular flexibility index (Phi) is 7.72. The molecule has 158 valence electrons. The Morgan fingerprint density at radius 3 is 2.28 bits per heavy atom. The Bertz CT molecular complexity index is 804. The van der Waals surface area contributed by atoms with E-state index in [0.29, 0.717) is 19.1 Å². The SMILES string of the molecule is Cc1ccc(C(C)C)c(O[C@H](C)C(=O)NCCOc2ccc(C(C)(C)C)cc2)c1. The molecule has 1 amide bonds. The first-order chi connectivity index (χ1) is 13.6. The fourth-order valence-corrected chi connectivity index (χ4v) is 3.00. The lowest BCUT2D eigenvalue weighted by atomic mass is 9.87. The van der Waals surface area contributed by atoms with Crippen LogP contribution in [0.2, 0.25) is 0 Å². The summed E-state index contributed by atoms with van der Waals surface area (Å²) in [7, 11) is 0. The molecule has 0 aliphatic carbocycles. The number of nitrogens with one attached hydrogen (secondary N) is 1. The smallest absolute Gasteiger partial charge is 0.260 e. The van der Waals surface area contributed by atoms with Gasteiger partial charge in [0.2, 0.25) is 0 Å². The second kappa shape index (κ2) is 9.82. The molecule has 0 aliphatic rings. The van der Waals surface area contributed by atoms with Crippen LogP contribution >= 0.6 is 0 Å². The van der Waals surface area contributed by atoms with E-state index in [0.717, 1.165) is 22.6 Å². The monoisotopic (exact) mass is 397 g/mol. The van der Waals surface area contributed by atoms with E-state index in [4.69, 9.17) is 9.47 Å². The minimum Gasteiger partial charge on any atom is -0.492 e. The van der Waals surface area contributed by atoms with Gasteiger partial charge in [-0.15, -0.1) is 0 Å². The summed E-state index contributed by atoms with van der Waals surface area (Å²) >= 11 is 0. The molecule has 0 radical (unpaired) electrons. The van der Waals surface area contributed by atoms with Gasteiger partial charge in [0.1, 0.15) is 18.1 Å². The van der Waals surface area contributed by atoms with Crippen LogP contribution in [0, 0.1) is 6.92 Å². The molecule has 0 heterocycles. The summed E-state index contributed by atoms with van der Waals surface area (Å²) in [6.07, 6.45) is -0.569. The van der Waals surface area contributed by atoms with Gasteiger partial charge in [-0.3, -0.25) is 4.79 Å². The van der Waals surface area contributed by atoms with E-state index in [1.807, 2.05) is 25.1 Å². The van der Waals surface area contributed by atoms with Gasteiger partial charge in [0, 0.05) is 0 Å². The summed E-state index contributed by atoms with van der Waals surface area (Å²) in [5, 5.41) is 2.88. The number of hydrogen-bond donors (Lipinski definition) is 1. The van der Waals surface area contributed by atoms with Crippen molar-refractivity contribution in [2.24, 2.45) is 0 Å². The number of hydrogen-bond acceptors (Lipinski definition) is 3. The van der Waals surface area contributed by atoms with Gasteiger partial charge >= 0.3 is 0 Å². The third kappa shape index (κ3) is 6.81. The van der Waals surface area contributed by atoms with Crippen LogP contribution in [-0.4, -0.2) is 25.2 Å². The van der Waals surface area contributed by atoms with Gasteiger partial charge in [-0.2, -0.15) is 0 Å². The van der Waals surface area contributed by atoms with Gasteiger partial charge in [0.15, 0.2) is 6.10 Å². The normalized spacial score (nSPS) is 12.6. The van der Waals surface area contributed by atoms with Gasteiger partial charge in [-0.05, 0) is 60.1 Å². The largest absolute Gasteiger partial charge is 0.492 e. The Labute approximate surface area is 175 Å². The summed E-state index contributed by atoms with van der Waals surface area (Å²) in [5.74, 6) is 1.77. The van der Waals surface area contributed by atoms with Crippen LogP contribution in [-0.2, 0) is 10.2 Å². The highest BCUT2D eigenvalue weighted by Crippen LogP contribution is 2.28. The molecule has 4 nitrogen and oxygen atoms in total. The maximum atomic E-state index is 12.4. The van der Waals surface area contributed by atoms with E-state index in [2.05, 4.69) is 64.2 Å². The number of rotatable bonds is 8. The lowest BCUT2D eigenvalue weighted by molar-refractivity contribution is -0.127. The number of benzene rings is 2. The molecule has 29 heavy (non-hydrogen) atoms. The number of ether oxygens (including phenoxy) is 2. The van der Waals surface area contributed by atoms with E-state index in [1.165, 1.54) is 5.56 Å². The van der Waals surface area contributed by atoms with Gasteiger partial charge in [0.05, 0.1) is 6.54 Å². The molecule has 0 aliphatic heterocycles. The molecule has 2 aromatic carbocycles. The lowest BCUT2D eigenvalue weighted by Gasteiger charge is -2.20. The van der Waals surface area contributed by atoms with Gasteiger partial charge in [0.25, 0.3) is 5.91 Å². The molecule has 0 bridgehead atoms. The highest BCUT2D eigenvalue weighted by Gasteiger charge is 2.17. The van der Waals surface area contributed by atoms with Crippen LogP contribution < -0.4 is 14.8 Å². The second-order valence-corrected chi connectivity index (χ2v) is 8.87. The molecule has 1 atom stereocenters. The zero-order valence-electron chi connectivity index (χ0n) is 18.8. The zero-order chi connectivity index (χ0) is 21.6. The number of carbonyl (C=O) groups is 1. The maximum Gasteiger partial charge on any atom is 0.260 e. The number of amides is 1. The Morgan fingerprint density at radius 1 is 1.03 bits per heavy atom. The van der Waals surface area contributed by atoms with Crippen molar-refractivity contribution in [2.75, 3.05) is 13.2 Å². The van der Waals surface area contributed by atoms with Gasteiger partial charge < -0.3 is 14.8 Å². The summed E-state index contributed by atoms with van der Waals surface area (Å²) in [4.78, 5) is 12.4. The summed E-state index contributed by atoms with van der Waals surface area (Å²) in [6.45, 7) is 15.4. The molecule has 2 aromatic rings. The first kappa shape index (κ1) is 22.8. The van der Waals surface area contributed by atoms with Gasteiger partial charge in [-0.1, -0.05) is 58.9 Å². The molecular weight excluding hydrogens is 362 g/mol. The third-order valence-electron chi connectivity index (χ3n) is 4.85. The average molecular weight is 398 g/mol. The molecule has 4 heteroatoms. The second-order valence-electron chi connectivity index (χ2n) is 8.87. The minimum atomic E-state index is -0.569. The van der Waals surface area contributed by atoms with Crippen molar-refractivity contribution in [3.8, 4) is 11.5 Å². The van der Waals surface area contributed by atoms with Crippen molar-refractivity contribution in [1.29, 1.82) is 0 Å². The van der Waals surface area contributed by atoms with Crippen molar-refractivity contribution in [3.63, 3.8) is 0 Å². The van der Waals surface area contributed by atoms with Crippen LogP contribution in [0.15, 0.2) is 42.5 Å². The topological polar surface area (TPSA) is 47.6 Å². The van der Waals surface area contributed by atoms with E-state index in [1.54, 1.807) is 6.92 Å². The van der Waals surface area contributed by atoms with Crippen LogP contribution in [0.4, 0.5) is 0 Å². The fourth-order valence-electron chi connectivity index (χ4n) is 3.00. The summed E-state index contributed by atoms with van der Waals surface area (Å²) in [6, 6.07) is 14.2. The van der Waals surface area contributed by atoms with Crippen molar-refractivity contribution < 1.29 is 14.3 Å². The first-order valence-electron chi connectivity index (χ1n) is 10.4. The molecular formula is C25H35NO3. The van der Waals surface area contributed by atoms with Crippen molar-refractivity contribution in [1.82, 2.24) is 5.32 Å². The van der Waals surface area contributed by atoms with Crippen LogP contribution in [0.1, 0.15) is 64.2 Å². The minimum absolute atomic E-state index is 0.120. The first-order valence-corrected chi connectivity index (χ1v) is 10.4. The van der Waals surface area contributed by atoms with Crippen molar-refractivity contribution in [2.45, 2.75) is 65.9 Å². The van der Waals surface area contributed by atoms with Gasteiger partial charge in [-0.25, -0.2) is 0 Å². The Morgan fingerprint density at radius 2 is 1.69 bits per heavy atom. The van der Waals surface area contributed by atoms with E-state index in [-0.39, 0.29) is 11.3 Å². The fraction of sp³-hybridized carbons (Fsp3) is 0.480. The van der Waals surface area contributed by atoms with E-state index >= 15 is 0 Å². The molecule has 0 spiro atoms. The molecule has 1 N–H and O–H groups in total. The molecule has 0 unspecified atom stereocenters. The Balaban J connectivity index is 1.81. The predicted octanol–water partition coefficient (Wildman–Crippen LogP) is 5.38. The predicted molar refractivity (Wildman–Crippen MR) is 119 cm³/mol.